The predicted octanol–water partition coefficient (Wildman–Crippen LogP) is 2.22. The molecule has 1 atom stereocenters. The number of hydrogen-bond donors (Lipinski definition) is 2. The van der Waals surface area contributed by atoms with Crippen LogP contribution < -0.4 is 9.62 Å². The number of anilines is 2. The monoisotopic (exact) mass is 348 g/mol. The number of rotatable bonds is 6. The van der Waals surface area contributed by atoms with Gasteiger partial charge in [0.1, 0.15) is 0 Å². The predicted molar refractivity (Wildman–Crippen MR) is 93.4 cm³/mol. The molecule has 0 spiro atoms. The van der Waals surface area contributed by atoms with Gasteiger partial charge in [0.15, 0.2) is 0 Å². The summed E-state index contributed by atoms with van der Waals surface area (Å²) in [6, 6.07) is 14.5. The number of carbonyl (C=O) groups is 1. The molecule has 0 aromatic heterocycles. The summed E-state index contributed by atoms with van der Waals surface area (Å²) in [5, 5.41) is 12.3. The summed E-state index contributed by atoms with van der Waals surface area (Å²) in [5.41, 5.74) is 0.993. The van der Waals surface area contributed by atoms with Crippen molar-refractivity contribution >= 4 is 27.3 Å². The van der Waals surface area contributed by atoms with E-state index in [4.69, 9.17) is 0 Å². The largest absolute Gasteiger partial charge is 0.392 e. The van der Waals surface area contributed by atoms with Crippen LogP contribution >= 0.6 is 0 Å². The molecular formula is C17H20N2O4S. The zero-order valence-corrected chi connectivity index (χ0v) is 14.3. The standard InChI is InChI=1S/C17H20N2O4S/c1-13(20)12-19(16-6-4-3-5-7-16)24(22,23)17-10-8-15(9-11-17)18-14(2)21/h3-11,13,20H,12H2,1-2H3,(H,18,21)/t13-/m0/s1. The van der Waals surface area contributed by atoms with Gasteiger partial charge in [0.05, 0.1) is 23.2 Å². The molecule has 7 heteroatoms. The van der Waals surface area contributed by atoms with Crippen LogP contribution in [-0.4, -0.2) is 32.1 Å². The van der Waals surface area contributed by atoms with Gasteiger partial charge in [-0.15, -0.1) is 0 Å². The van der Waals surface area contributed by atoms with Crippen molar-refractivity contribution in [3.05, 3.63) is 54.6 Å². The van der Waals surface area contributed by atoms with Crippen LogP contribution in [0.5, 0.6) is 0 Å². The van der Waals surface area contributed by atoms with E-state index >= 15 is 0 Å². The lowest BCUT2D eigenvalue weighted by molar-refractivity contribution is -0.114. The number of sulfonamides is 1. The number of amides is 1. The normalized spacial score (nSPS) is 12.5. The fraction of sp³-hybridized carbons (Fsp3) is 0.235. The van der Waals surface area contributed by atoms with Crippen molar-refractivity contribution in [2.45, 2.75) is 24.8 Å². The highest BCUT2D eigenvalue weighted by Crippen LogP contribution is 2.24. The van der Waals surface area contributed by atoms with Crippen molar-refractivity contribution in [3.63, 3.8) is 0 Å². The van der Waals surface area contributed by atoms with Crippen molar-refractivity contribution in [1.82, 2.24) is 0 Å². The molecule has 0 aliphatic heterocycles. The van der Waals surface area contributed by atoms with E-state index in [0.29, 0.717) is 11.4 Å². The Labute approximate surface area is 141 Å². The molecule has 0 saturated heterocycles. The van der Waals surface area contributed by atoms with Crippen molar-refractivity contribution in [2.75, 3.05) is 16.2 Å². The van der Waals surface area contributed by atoms with Crippen LogP contribution in [0.3, 0.4) is 0 Å². The van der Waals surface area contributed by atoms with Crippen LogP contribution in [0.2, 0.25) is 0 Å². The molecule has 0 fully saturated rings. The molecule has 0 bridgehead atoms. The molecule has 2 aromatic carbocycles. The van der Waals surface area contributed by atoms with Gasteiger partial charge in [-0.3, -0.25) is 9.10 Å². The fourth-order valence-electron chi connectivity index (χ4n) is 2.22. The van der Waals surface area contributed by atoms with E-state index in [2.05, 4.69) is 5.32 Å². The minimum atomic E-state index is -3.83. The second kappa shape index (κ2) is 7.46. The molecule has 2 aromatic rings. The molecule has 2 N–H and O–H groups in total. The lowest BCUT2D eigenvalue weighted by Gasteiger charge is -2.25. The van der Waals surface area contributed by atoms with Gasteiger partial charge in [0.2, 0.25) is 5.91 Å². The van der Waals surface area contributed by atoms with E-state index in [9.17, 15) is 18.3 Å². The van der Waals surface area contributed by atoms with Gasteiger partial charge in [-0.2, -0.15) is 0 Å². The summed E-state index contributed by atoms with van der Waals surface area (Å²) in [7, 11) is -3.83. The number of nitrogens with one attached hydrogen (secondary N) is 1. The molecule has 0 aliphatic carbocycles. The quantitative estimate of drug-likeness (QED) is 0.838. The van der Waals surface area contributed by atoms with Gasteiger partial charge in [-0.1, -0.05) is 18.2 Å². The SMILES string of the molecule is CC(=O)Nc1ccc(S(=O)(=O)N(C[C@H](C)O)c2ccccc2)cc1. The van der Waals surface area contributed by atoms with E-state index in [1.807, 2.05) is 0 Å². The van der Waals surface area contributed by atoms with Gasteiger partial charge in [-0.25, -0.2) is 8.42 Å². The third kappa shape index (κ3) is 4.33. The minimum absolute atomic E-state index is 0.0558. The Kier molecular flexibility index (Phi) is 5.58. The smallest absolute Gasteiger partial charge is 0.264 e. The van der Waals surface area contributed by atoms with Crippen LogP contribution in [0.25, 0.3) is 0 Å². The lowest BCUT2D eigenvalue weighted by Crippen LogP contribution is -2.36. The molecule has 0 saturated carbocycles. The van der Waals surface area contributed by atoms with Gasteiger partial charge in [0.25, 0.3) is 10.0 Å². The van der Waals surface area contributed by atoms with Gasteiger partial charge < -0.3 is 10.4 Å². The number of aliphatic hydroxyl groups is 1. The number of hydrogen-bond acceptors (Lipinski definition) is 4. The Bertz CT molecular complexity index is 787. The number of benzene rings is 2. The second-order valence-electron chi connectivity index (χ2n) is 5.43. The van der Waals surface area contributed by atoms with Gasteiger partial charge >= 0.3 is 0 Å². The van der Waals surface area contributed by atoms with Crippen LogP contribution in [0, 0.1) is 0 Å². The summed E-state index contributed by atoms with van der Waals surface area (Å²) >= 11 is 0. The Balaban J connectivity index is 2.39. The zero-order valence-electron chi connectivity index (χ0n) is 13.5. The fourth-order valence-corrected chi connectivity index (χ4v) is 3.76. The Morgan fingerprint density at radius 2 is 1.71 bits per heavy atom. The Hall–Kier alpha value is -2.38. The first-order valence-electron chi connectivity index (χ1n) is 7.44. The molecule has 2 rings (SSSR count). The average Bonchev–Trinajstić information content (AvgIpc) is 2.53. The summed E-state index contributed by atoms with van der Waals surface area (Å²) < 4.78 is 27.0. The maximum absolute atomic E-state index is 12.9. The van der Waals surface area contributed by atoms with Crippen LogP contribution in [0.4, 0.5) is 11.4 Å². The van der Waals surface area contributed by atoms with E-state index in [1.165, 1.54) is 42.4 Å². The number of nitrogens with zero attached hydrogens (tertiary/aromatic N) is 1. The van der Waals surface area contributed by atoms with Crippen LogP contribution in [0.1, 0.15) is 13.8 Å². The molecule has 0 unspecified atom stereocenters. The molecule has 0 aliphatic rings. The Morgan fingerprint density at radius 1 is 1.12 bits per heavy atom. The second-order valence-corrected chi connectivity index (χ2v) is 7.29. The third-order valence-corrected chi connectivity index (χ3v) is 5.04. The number of para-hydroxylation sites is 1. The minimum Gasteiger partial charge on any atom is -0.392 e. The van der Waals surface area contributed by atoms with Crippen molar-refractivity contribution in [1.29, 1.82) is 0 Å². The molecule has 128 valence electrons. The van der Waals surface area contributed by atoms with Crippen LogP contribution in [0.15, 0.2) is 59.5 Å². The van der Waals surface area contributed by atoms with Crippen molar-refractivity contribution in [2.24, 2.45) is 0 Å². The highest BCUT2D eigenvalue weighted by Gasteiger charge is 2.26. The van der Waals surface area contributed by atoms with Gasteiger partial charge in [-0.05, 0) is 43.3 Å². The first-order valence-corrected chi connectivity index (χ1v) is 8.88. The molecule has 24 heavy (non-hydrogen) atoms. The number of carbonyl (C=O) groups excluding carboxylic acids is 1. The van der Waals surface area contributed by atoms with E-state index in [1.54, 1.807) is 30.3 Å². The molecule has 0 heterocycles. The zero-order chi connectivity index (χ0) is 17.7. The van der Waals surface area contributed by atoms with Gasteiger partial charge in [0, 0.05) is 12.6 Å². The topological polar surface area (TPSA) is 86.7 Å². The van der Waals surface area contributed by atoms with E-state index in [0.717, 1.165) is 0 Å². The third-order valence-electron chi connectivity index (χ3n) is 3.24. The lowest BCUT2D eigenvalue weighted by atomic mass is 10.3. The first kappa shape index (κ1) is 18.0. The van der Waals surface area contributed by atoms with E-state index in [-0.39, 0.29) is 17.3 Å². The van der Waals surface area contributed by atoms with Crippen molar-refractivity contribution < 1.29 is 18.3 Å². The number of aliphatic hydroxyl groups excluding tert-OH is 1. The van der Waals surface area contributed by atoms with E-state index < -0.39 is 16.1 Å². The Morgan fingerprint density at radius 3 is 2.21 bits per heavy atom. The summed E-state index contributed by atoms with van der Waals surface area (Å²) in [6.07, 6.45) is -0.821. The summed E-state index contributed by atoms with van der Waals surface area (Å²) in [4.78, 5) is 11.1. The first-order chi connectivity index (χ1) is 11.3. The maximum Gasteiger partial charge on any atom is 0.264 e. The highest BCUT2D eigenvalue weighted by molar-refractivity contribution is 7.92. The summed E-state index contributed by atoms with van der Waals surface area (Å²) in [5.74, 6) is -0.231. The summed E-state index contributed by atoms with van der Waals surface area (Å²) in [6.45, 7) is 2.86. The molecule has 6 nitrogen and oxygen atoms in total. The highest BCUT2D eigenvalue weighted by atomic mass is 32.2. The molecule has 0 radical (unpaired) electrons. The van der Waals surface area contributed by atoms with Crippen LogP contribution in [-0.2, 0) is 14.8 Å². The molecule has 1 amide bonds. The molecular weight excluding hydrogens is 328 g/mol. The maximum atomic E-state index is 12.9. The average molecular weight is 348 g/mol. The van der Waals surface area contributed by atoms with Crippen molar-refractivity contribution in [3.8, 4) is 0 Å².